The van der Waals surface area contributed by atoms with Crippen LogP contribution in [0.15, 0.2) is 45.6 Å². The Bertz CT molecular complexity index is 1190. The van der Waals surface area contributed by atoms with Crippen LogP contribution in [0.25, 0.3) is 0 Å². The third-order valence-electron chi connectivity index (χ3n) is 6.39. The Balaban J connectivity index is 1.54. The number of alkyl carbamates (subject to hydrolysis) is 1. The Morgan fingerprint density at radius 1 is 1.10 bits per heavy atom. The molecule has 2 unspecified atom stereocenters. The van der Waals surface area contributed by atoms with Gasteiger partial charge in [0.25, 0.3) is 5.91 Å². The molecule has 2 aromatic rings. The molecule has 2 aliphatic heterocycles. The van der Waals surface area contributed by atoms with Gasteiger partial charge in [-0.25, -0.2) is 4.79 Å². The van der Waals surface area contributed by atoms with E-state index in [1.54, 1.807) is 20.8 Å². The molecular weight excluding hydrogens is 520 g/mol. The van der Waals surface area contributed by atoms with Gasteiger partial charge in [0.05, 0.1) is 12.1 Å². The van der Waals surface area contributed by atoms with Crippen LogP contribution in [-0.2, 0) is 32.2 Å². The number of amides is 2. The van der Waals surface area contributed by atoms with Gasteiger partial charge in [-0.2, -0.15) is 0 Å². The fourth-order valence-electron chi connectivity index (χ4n) is 4.38. The molecule has 2 aliphatic rings. The van der Waals surface area contributed by atoms with Crippen LogP contribution in [0.5, 0.6) is 5.75 Å². The molecule has 2 fully saturated rings. The SMILES string of the molecule is CC(C)(C)OC(=O)NCC1(NC(=O)c2oc(COC3CCCCO3)cc(=O)c2OCc2ccccc2)CCOC1. The lowest BCUT2D eigenvalue weighted by Gasteiger charge is -2.29. The second kappa shape index (κ2) is 13.3. The Morgan fingerprint density at radius 2 is 1.90 bits per heavy atom. The molecule has 40 heavy (non-hydrogen) atoms. The second-order valence-electron chi connectivity index (χ2n) is 11.0. The van der Waals surface area contributed by atoms with Crippen molar-refractivity contribution < 1.29 is 37.7 Å². The van der Waals surface area contributed by atoms with Gasteiger partial charge >= 0.3 is 6.09 Å². The van der Waals surface area contributed by atoms with Gasteiger partial charge in [-0.15, -0.1) is 0 Å². The summed E-state index contributed by atoms with van der Waals surface area (Å²) in [6.45, 7) is 6.50. The first-order chi connectivity index (χ1) is 19.1. The number of ether oxygens (including phenoxy) is 5. The van der Waals surface area contributed by atoms with Gasteiger partial charge in [-0.3, -0.25) is 9.59 Å². The van der Waals surface area contributed by atoms with Crippen LogP contribution in [0.2, 0.25) is 0 Å². The van der Waals surface area contributed by atoms with Gasteiger partial charge in [0.2, 0.25) is 16.9 Å². The normalized spacial score (nSPS) is 21.0. The van der Waals surface area contributed by atoms with Crippen molar-refractivity contribution in [3.05, 3.63) is 63.7 Å². The summed E-state index contributed by atoms with van der Waals surface area (Å²) in [6, 6.07) is 10.5. The highest BCUT2D eigenvalue weighted by molar-refractivity contribution is 5.94. The van der Waals surface area contributed by atoms with Gasteiger partial charge in [-0.05, 0) is 52.0 Å². The van der Waals surface area contributed by atoms with E-state index in [-0.39, 0.29) is 43.6 Å². The number of nitrogens with one attached hydrogen (secondary N) is 2. The second-order valence-corrected chi connectivity index (χ2v) is 11.0. The molecule has 3 heterocycles. The average Bonchev–Trinajstić information content (AvgIpc) is 3.38. The van der Waals surface area contributed by atoms with Crippen LogP contribution < -0.4 is 20.8 Å². The minimum atomic E-state index is -0.939. The van der Waals surface area contributed by atoms with Gasteiger partial charge in [-0.1, -0.05) is 30.3 Å². The standard InChI is InChI=1S/C29H38N2O9/c1-28(2,3)40-27(34)30-18-29(12-14-35-19-29)31-26(33)25-24(38-16-20-9-5-4-6-10-20)22(32)15-21(39-25)17-37-23-11-7-8-13-36-23/h4-6,9-10,15,23H,7-8,11-14,16-19H2,1-3H3,(H,30,34)(H,31,33). The van der Waals surface area contributed by atoms with Crippen molar-refractivity contribution in [2.75, 3.05) is 26.4 Å². The number of carbonyl (C=O) groups is 2. The van der Waals surface area contributed by atoms with Crippen molar-refractivity contribution in [2.45, 2.75) is 77.1 Å². The maximum Gasteiger partial charge on any atom is 0.407 e. The molecular formula is C29H38N2O9. The number of benzene rings is 1. The van der Waals surface area contributed by atoms with Gasteiger partial charge in [0.15, 0.2) is 6.29 Å². The molecule has 0 saturated carbocycles. The smallest absolute Gasteiger partial charge is 0.407 e. The average molecular weight is 559 g/mol. The molecule has 0 aliphatic carbocycles. The molecule has 2 atom stereocenters. The van der Waals surface area contributed by atoms with Crippen molar-refractivity contribution in [1.82, 2.24) is 10.6 Å². The van der Waals surface area contributed by atoms with Crippen molar-refractivity contribution in [3.8, 4) is 5.75 Å². The van der Waals surface area contributed by atoms with E-state index in [4.69, 9.17) is 28.1 Å². The molecule has 2 saturated heterocycles. The van der Waals surface area contributed by atoms with E-state index >= 15 is 0 Å². The van der Waals surface area contributed by atoms with Crippen LogP contribution in [0.1, 0.15) is 68.3 Å². The highest BCUT2D eigenvalue weighted by Gasteiger charge is 2.39. The van der Waals surface area contributed by atoms with Crippen LogP contribution in [-0.4, -0.2) is 55.8 Å². The monoisotopic (exact) mass is 558 g/mol. The lowest BCUT2D eigenvalue weighted by Crippen LogP contribution is -2.56. The van der Waals surface area contributed by atoms with E-state index < -0.39 is 34.9 Å². The quantitative estimate of drug-likeness (QED) is 0.448. The molecule has 1 aromatic carbocycles. The topological polar surface area (TPSA) is 135 Å². The van der Waals surface area contributed by atoms with E-state index in [9.17, 15) is 14.4 Å². The molecule has 1 aromatic heterocycles. The van der Waals surface area contributed by atoms with E-state index in [1.165, 1.54) is 6.07 Å². The third kappa shape index (κ3) is 8.54. The molecule has 0 radical (unpaired) electrons. The fraction of sp³-hybridized carbons (Fsp3) is 0.552. The number of hydrogen-bond donors (Lipinski definition) is 2. The molecule has 11 nitrogen and oxygen atoms in total. The predicted octanol–water partition coefficient (Wildman–Crippen LogP) is 3.68. The van der Waals surface area contributed by atoms with E-state index in [0.717, 1.165) is 24.8 Å². The minimum Gasteiger partial charge on any atom is -0.481 e. The van der Waals surface area contributed by atoms with Gasteiger partial charge in [0.1, 0.15) is 24.6 Å². The molecule has 0 spiro atoms. The summed E-state index contributed by atoms with van der Waals surface area (Å²) in [5.41, 5.74) is -1.31. The Morgan fingerprint density at radius 3 is 2.58 bits per heavy atom. The predicted molar refractivity (Wildman–Crippen MR) is 144 cm³/mol. The van der Waals surface area contributed by atoms with Gasteiger partial charge in [0, 0.05) is 25.8 Å². The van der Waals surface area contributed by atoms with E-state index in [2.05, 4.69) is 10.6 Å². The van der Waals surface area contributed by atoms with E-state index in [1.807, 2.05) is 30.3 Å². The Kier molecular flexibility index (Phi) is 9.83. The molecule has 11 heteroatoms. The summed E-state index contributed by atoms with van der Waals surface area (Å²) >= 11 is 0. The number of hydrogen-bond acceptors (Lipinski definition) is 9. The minimum absolute atomic E-state index is 0.0480. The lowest BCUT2D eigenvalue weighted by atomic mass is 9.98. The first-order valence-corrected chi connectivity index (χ1v) is 13.6. The highest BCUT2D eigenvalue weighted by Crippen LogP contribution is 2.24. The first-order valence-electron chi connectivity index (χ1n) is 13.6. The largest absolute Gasteiger partial charge is 0.481 e. The number of rotatable bonds is 10. The first kappa shape index (κ1) is 29.6. The molecule has 2 N–H and O–H groups in total. The third-order valence-corrected chi connectivity index (χ3v) is 6.39. The highest BCUT2D eigenvalue weighted by atomic mass is 16.7. The van der Waals surface area contributed by atoms with Crippen molar-refractivity contribution >= 4 is 12.0 Å². The fourth-order valence-corrected chi connectivity index (χ4v) is 4.38. The summed E-state index contributed by atoms with van der Waals surface area (Å²) in [6.07, 6.45) is 2.11. The van der Waals surface area contributed by atoms with Crippen LogP contribution in [0.4, 0.5) is 4.79 Å². The lowest BCUT2D eigenvalue weighted by molar-refractivity contribution is -0.171. The van der Waals surface area contributed by atoms with Crippen LogP contribution >= 0.6 is 0 Å². The molecule has 0 bridgehead atoms. The van der Waals surface area contributed by atoms with Crippen molar-refractivity contribution in [2.24, 2.45) is 0 Å². The van der Waals surface area contributed by atoms with Crippen molar-refractivity contribution in [3.63, 3.8) is 0 Å². The van der Waals surface area contributed by atoms with Crippen molar-refractivity contribution in [1.29, 1.82) is 0 Å². The summed E-state index contributed by atoms with van der Waals surface area (Å²) in [5.74, 6) is -1.00. The Hall–Kier alpha value is -3.41. The van der Waals surface area contributed by atoms with Crippen LogP contribution in [0.3, 0.4) is 0 Å². The van der Waals surface area contributed by atoms with E-state index in [0.29, 0.717) is 19.6 Å². The summed E-state index contributed by atoms with van der Waals surface area (Å²) < 4.78 is 34.0. The summed E-state index contributed by atoms with van der Waals surface area (Å²) in [7, 11) is 0. The zero-order valence-corrected chi connectivity index (χ0v) is 23.3. The zero-order valence-electron chi connectivity index (χ0n) is 23.3. The molecule has 218 valence electrons. The maximum absolute atomic E-state index is 13.6. The summed E-state index contributed by atoms with van der Waals surface area (Å²) in [5, 5.41) is 5.62. The zero-order chi connectivity index (χ0) is 28.6. The van der Waals surface area contributed by atoms with Gasteiger partial charge < -0.3 is 38.7 Å². The molecule has 4 rings (SSSR count). The Labute approximate surface area is 233 Å². The van der Waals surface area contributed by atoms with Crippen LogP contribution in [0, 0.1) is 0 Å². The summed E-state index contributed by atoms with van der Waals surface area (Å²) in [4.78, 5) is 39.1. The number of carbonyl (C=O) groups excluding carboxylic acids is 2. The maximum atomic E-state index is 13.6. The molecule has 2 amide bonds.